The number of nitrogens with one attached hydrogen (secondary N) is 1. The van der Waals surface area contributed by atoms with E-state index in [1.807, 2.05) is 4.90 Å². The number of hydrogen-bond acceptors (Lipinski definition) is 2. The van der Waals surface area contributed by atoms with Crippen LogP contribution in [0, 0.1) is 5.41 Å². The molecule has 5 heteroatoms. The Morgan fingerprint density at radius 3 is 2.16 bits per heavy atom. The number of piperidine rings is 1. The number of likely N-dealkylation sites (tertiary alicyclic amines) is 1. The maximum absolute atomic E-state index is 12.2. The van der Waals surface area contributed by atoms with Gasteiger partial charge in [-0.2, -0.15) is 0 Å². The molecule has 2 rings (SSSR count). The van der Waals surface area contributed by atoms with Crippen molar-refractivity contribution in [2.75, 3.05) is 13.1 Å². The molecule has 1 heterocycles. The zero-order chi connectivity index (χ0) is 14.1. The van der Waals surface area contributed by atoms with Gasteiger partial charge in [0.1, 0.15) is 0 Å². The first-order chi connectivity index (χ1) is 8.82. The van der Waals surface area contributed by atoms with Gasteiger partial charge in [0.15, 0.2) is 0 Å². The Kier molecular flexibility index (Phi) is 3.74. The molecule has 0 aromatic carbocycles. The van der Waals surface area contributed by atoms with Gasteiger partial charge < -0.3 is 15.3 Å². The number of aliphatic carboxylic acids is 1. The van der Waals surface area contributed by atoms with Crippen molar-refractivity contribution in [1.82, 2.24) is 10.2 Å². The van der Waals surface area contributed by atoms with Crippen LogP contribution < -0.4 is 5.32 Å². The Labute approximate surface area is 114 Å². The molecule has 0 unspecified atom stereocenters. The first kappa shape index (κ1) is 14.2. The van der Waals surface area contributed by atoms with E-state index in [-0.39, 0.29) is 12.5 Å². The Bertz CT molecular complexity index is 365. The van der Waals surface area contributed by atoms with Gasteiger partial charge in [0.2, 0.25) is 0 Å². The van der Waals surface area contributed by atoms with E-state index in [1.165, 1.54) is 0 Å². The van der Waals surface area contributed by atoms with Gasteiger partial charge in [-0.3, -0.25) is 4.79 Å². The molecule has 0 bridgehead atoms. The summed E-state index contributed by atoms with van der Waals surface area (Å²) in [5.41, 5.74) is -0.179. The third-order valence-electron chi connectivity index (χ3n) is 4.58. The average Bonchev–Trinajstić information content (AvgIpc) is 2.25. The Balaban J connectivity index is 1.88. The number of amides is 2. The molecule has 2 amide bonds. The lowest BCUT2D eigenvalue weighted by molar-refractivity contribution is -0.139. The zero-order valence-corrected chi connectivity index (χ0v) is 11.9. The molecule has 0 atom stereocenters. The minimum atomic E-state index is -0.834. The maximum Gasteiger partial charge on any atom is 0.317 e. The van der Waals surface area contributed by atoms with Gasteiger partial charge >= 0.3 is 12.0 Å². The SMILES string of the molecule is CC1(C)CCN(C(=O)NC2(CC(=O)O)CCC2)CC1. The molecule has 0 aromatic rings. The molecule has 0 radical (unpaired) electrons. The molecular formula is C14H24N2O3. The first-order valence-corrected chi connectivity index (χ1v) is 7.11. The van der Waals surface area contributed by atoms with Gasteiger partial charge in [0.05, 0.1) is 12.0 Å². The van der Waals surface area contributed by atoms with Crippen LogP contribution in [0.5, 0.6) is 0 Å². The molecule has 2 aliphatic rings. The molecule has 0 aromatic heterocycles. The third kappa shape index (κ3) is 3.39. The highest BCUT2D eigenvalue weighted by Gasteiger charge is 2.41. The normalized spacial score (nSPS) is 24.4. The minimum Gasteiger partial charge on any atom is -0.481 e. The summed E-state index contributed by atoms with van der Waals surface area (Å²) < 4.78 is 0. The van der Waals surface area contributed by atoms with Crippen LogP contribution in [0.1, 0.15) is 52.4 Å². The molecule has 19 heavy (non-hydrogen) atoms. The highest BCUT2D eigenvalue weighted by Crippen LogP contribution is 2.36. The van der Waals surface area contributed by atoms with Crippen LogP contribution in [0.4, 0.5) is 4.79 Å². The number of carbonyl (C=O) groups excluding carboxylic acids is 1. The van der Waals surface area contributed by atoms with Gasteiger partial charge in [-0.15, -0.1) is 0 Å². The van der Waals surface area contributed by atoms with Crippen molar-refractivity contribution in [3.63, 3.8) is 0 Å². The van der Waals surface area contributed by atoms with Gasteiger partial charge in [-0.05, 0) is 37.5 Å². The number of urea groups is 1. The molecule has 1 aliphatic heterocycles. The summed E-state index contributed by atoms with van der Waals surface area (Å²) >= 11 is 0. The maximum atomic E-state index is 12.2. The fourth-order valence-corrected chi connectivity index (χ4v) is 2.86. The third-order valence-corrected chi connectivity index (χ3v) is 4.58. The second-order valence-corrected chi connectivity index (χ2v) is 6.79. The highest BCUT2D eigenvalue weighted by molar-refractivity contribution is 5.77. The van der Waals surface area contributed by atoms with Gasteiger partial charge in [-0.1, -0.05) is 13.8 Å². The first-order valence-electron chi connectivity index (χ1n) is 7.11. The molecule has 1 aliphatic carbocycles. The summed E-state index contributed by atoms with van der Waals surface area (Å²) in [6, 6.07) is -0.0866. The molecule has 5 nitrogen and oxygen atoms in total. The van der Waals surface area contributed by atoms with Crippen LogP contribution in [0.3, 0.4) is 0 Å². The molecule has 2 N–H and O–H groups in total. The van der Waals surface area contributed by atoms with Crippen molar-refractivity contribution in [1.29, 1.82) is 0 Å². The standard InChI is InChI=1S/C14H24N2O3/c1-13(2)6-8-16(9-7-13)12(19)15-14(4-3-5-14)10-11(17)18/h3-10H2,1-2H3,(H,15,19)(H,17,18). The largest absolute Gasteiger partial charge is 0.481 e. The summed E-state index contributed by atoms with van der Waals surface area (Å²) in [6.45, 7) is 5.98. The van der Waals surface area contributed by atoms with Crippen molar-refractivity contribution < 1.29 is 14.7 Å². The van der Waals surface area contributed by atoms with Gasteiger partial charge in [-0.25, -0.2) is 4.79 Å². The molecule has 2 fully saturated rings. The molecule has 108 valence electrons. The van der Waals surface area contributed by atoms with E-state index >= 15 is 0 Å². The number of rotatable bonds is 3. The number of nitrogens with zero attached hydrogens (tertiary/aromatic N) is 1. The number of carbonyl (C=O) groups is 2. The topological polar surface area (TPSA) is 69.6 Å². The predicted octanol–water partition coefficient (Wildman–Crippen LogP) is 2.22. The number of carboxylic acids is 1. The summed E-state index contributed by atoms with van der Waals surface area (Å²) in [5, 5.41) is 11.9. The van der Waals surface area contributed by atoms with Crippen molar-refractivity contribution in [3.8, 4) is 0 Å². The minimum absolute atomic E-state index is 0.0398. The average molecular weight is 268 g/mol. The summed E-state index contributed by atoms with van der Waals surface area (Å²) in [4.78, 5) is 24.9. The van der Waals surface area contributed by atoms with Crippen molar-refractivity contribution in [2.45, 2.75) is 57.9 Å². The van der Waals surface area contributed by atoms with E-state index in [2.05, 4.69) is 19.2 Å². The second-order valence-electron chi connectivity index (χ2n) is 6.79. The Morgan fingerprint density at radius 2 is 1.74 bits per heavy atom. The molecule has 0 spiro atoms. The van der Waals surface area contributed by atoms with Crippen LogP contribution in [0.2, 0.25) is 0 Å². The lowest BCUT2D eigenvalue weighted by atomic mass is 9.74. The lowest BCUT2D eigenvalue weighted by Gasteiger charge is -2.44. The van der Waals surface area contributed by atoms with Crippen LogP contribution in [0.25, 0.3) is 0 Å². The number of carboxylic acid groups (broad SMARTS) is 1. The van der Waals surface area contributed by atoms with Crippen molar-refractivity contribution in [3.05, 3.63) is 0 Å². The van der Waals surface area contributed by atoms with Crippen molar-refractivity contribution >= 4 is 12.0 Å². The fourth-order valence-electron chi connectivity index (χ4n) is 2.86. The van der Waals surface area contributed by atoms with E-state index in [4.69, 9.17) is 5.11 Å². The van der Waals surface area contributed by atoms with E-state index in [1.54, 1.807) is 0 Å². The Morgan fingerprint density at radius 1 is 1.16 bits per heavy atom. The molecule has 1 saturated heterocycles. The van der Waals surface area contributed by atoms with Crippen LogP contribution >= 0.6 is 0 Å². The molecular weight excluding hydrogens is 244 g/mol. The fraction of sp³-hybridized carbons (Fsp3) is 0.857. The van der Waals surface area contributed by atoms with Crippen molar-refractivity contribution in [2.24, 2.45) is 5.41 Å². The van der Waals surface area contributed by atoms with E-state index in [0.717, 1.165) is 45.2 Å². The quantitative estimate of drug-likeness (QED) is 0.824. The summed E-state index contributed by atoms with van der Waals surface area (Å²) in [5.74, 6) is -0.834. The highest BCUT2D eigenvalue weighted by atomic mass is 16.4. The number of hydrogen-bond donors (Lipinski definition) is 2. The van der Waals surface area contributed by atoms with Gasteiger partial charge in [0.25, 0.3) is 0 Å². The van der Waals surface area contributed by atoms with Crippen LogP contribution in [0.15, 0.2) is 0 Å². The predicted molar refractivity (Wildman–Crippen MR) is 72.0 cm³/mol. The van der Waals surface area contributed by atoms with E-state index < -0.39 is 11.5 Å². The van der Waals surface area contributed by atoms with Crippen LogP contribution in [-0.2, 0) is 4.79 Å². The van der Waals surface area contributed by atoms with Gasteiger partial charge in [0, 0.05) is 13.1 Å². The zero-order valence-electron chi connectivity index (χ0n) is 11.9. The van der Waals surface area contributed by atoms with E-state index in [0.29, 0.717) is 5.41 Å². The summed E-state index contributed by atoms with van der Waals surface area (Å²) in [7, 11) is 0. The lowest BCUT2D eigenvalue weighted by Crippen LogP contribution is -2.59. The molecule has 1 saturated carbocycles. The Hall–Kier alpha value is -1.26. The smallest absolute Gasteiger partial charge is 0.317 e. The second kappa shape index (κ2) is 5.02. The summed E-state index contributed by atoms with van der Waals surface area (Å²) in [6.07, 6.45) is 4.62. The van der Waals surface area contributed by atoms with E-state index in [9.17, 15) is 9.59 Å². The van der Waals surface area contributed by atoms with Crippen LogP contribution in [-0.4, -0.2) is 40.6 Å². The monoisotopic (exact) mass is 268 g/mol.